The van der Waals surface area contributed by atoms with Crippen LogP contribution in [0.15, 0.2) is 0 Å². The van der Waals surface area contributed by atoms with Gasteiger partial charge in [0.15, 0.2) is 0 Å². The second kappa shape index (κ2) is 7.42. The van der Waals surface area contributed by atoms with Crippen molar-refractivity contribution < 1.29 is 9.90 Å². The number of thiazole rings is 1. The summed E-state index contributed by atoms with van der Waals surface area (Å²) in [6, 6.07) is -0.215. The zero-order valence-electron chi connectivity index (χ0n) is 13.7. The number of aryl methyl sites for hydroxylation is 2. The minimum atomic E-state index is -0.539. The van der Waals surface area contributed by atoms with Crippen molar-refractivity contribution in [3.05, 3.63) is 15.6 Å². The number of carbonyl (C=O) groups is 1. The first kappa shape index (κ1) is 17.2. The van der Waals surface area contributed by atoms with Crippen LogP contribution in [-0.2, 0) is 6.54 Å². The second-order valence-corrected chi connectivity index (χ2v) is 7.75. The molecule has 0 radical (unpaired) electrons. The van der Waals surface area contributed by atoms with Crippen LogP contribution < -0.4 is 10.6 Å². The van der Waals surface area contributed by atoms with E-state index in [-0.39, 0.29) is 12.6 Å². The average molecular weight is 325 g/mol. The summed E-state index contributed by atoms with van der Waals surface area (Å²) in [6.45, 7) is 6.33. The SMILES string of the molecule is Cc1nc(C)c(CNC(=O)N[C@](C)(CO)C2CCCCC2)s1. The Morgan fingerprint density at radius 2 is 2.05 bits per heavy atom. The zero-order valence-corrected chi connectivity index (χ0v) is 14.6. The number of rotatable bonds is 5. The number of carbonyl (C=O) groups excluding carboxylic acids is 1. The van der Waals surface area contributed by atoms with Gasteiger partial charge in [-0.25, -0.2) is 9.78 Å². The number of nitrogens with one attached hydrogen (secondary N) is 2. The van der Waals surface area contributed by atoms with Gasteiger partial charge in [0.25, 0.3) is 0 Å². The number of amides is 2. The lowest BCUT2D eigenvalue weighted by molar-refractivity contribution is 0.101. The molecule has 1 aromatic rings. The average Bonchev–Trinajstić information content (AvgIpc) is 2.84. The minimum absolute atomic E-state index is 0.0240. The van der Waals surface area contributed by atoms with Crippen LogP contribution in [0.2, 0.25) is 0 Å². The first-order valence-corrected chi connectivity index (χ1v) is 8.86. The maximum Gasteiger partial charge on any atom is 0.315 e. The molecule has 1 saturated carbocycles. The lowest BCUT2D eigenvalue weighted by Gasteiger charge is -2.39. The highest BCUT2D eigenvalue weighted by Gasteiger charge is 2.35. The quantitative estimate of drug-likeness (QED) is 0.779. The van der Waals surface area contributed by atoms with E-state index >= 15 is 0 Å². The maximum absolute atomic E-state index is 12.2. The fourth-order valence-electron chi connectivity index (χ4n) is 3.21. The fraction of sp³-hybridized carbons (Fsp3) is 0.750. The van der Waals surface area contributed by atoms with Gasteiger partial charge >= 0.3 is 6.03 Å². The summed E-state index contributed by atoms with van der Waals surface area (Å²) in [5.74, 6) is 0.351. The summed E-state index contributed by atoms with van der Waals surface area (Å²) in [5, 5.41) is 16.7. The molecule has 1 heterocycles. The van der Waals surface area contributed by atoms with Crippen molar-refractivity contribution in [2.45, 2.75) is 65.0 Å². The van der Waals surface area contributed by atoms with Crippen LogP contribution in [0.3, 0.4) is 0 Å². The molecule has 1 aliphatic carbocycles. The van der Waals surface area contributed by atoms with E-state index in [9.17, 15) is 9.90 Å². The van der Waals surface area contributed by atoms with Crippen LogP contribution >= 0.6 is 11.3 Å². The van der Waals surface area contributed by atoms with Crippen LogP contribution in [0.5, 0.6) is 0 Å². The van der Waals surface area contributed by atoms with Gasteiger partial charge in [-0.2, -0.15) is 0 Å². The fourth-order valence-corrected chi connectivity index (χ4v) is 4.09. The molecule has 1 atom stereocenters. The molecule has 0 aliphatic heterocycles. The molecule has 1 fully saturated rings. The molecule has 6 heteroatoms. The molecule has 2 rings (SSSR count). The molecule has 0 spiro atoms. The van der Waals surface area contributed by atoms with E-state index in [1.807, 2.05) is 20.8 Å². The Hall–Kier alpha value is -1.14. The first-order chi connectivity index (χ1) is 10.4. The Morgan fingerprint density at radius 3 is 2.59 bits per heavy atom. The lowest BCUT2D eigenvalue weighted by Crippen LogP contribution is -2.57. The van der Waals surface area contributed by atoms with Gasteiger partial charge in [0.2, 0.25) is 0 Å². The molecule has 1 aliphatic rings. The van der Waals surface area contributed by atoms with Crippen LogP contribution in [0.25, 0.3) is 0 Å². The van der Waals surface area contributed by atoms with E-state index < -0.39 is 5.54 Å². The Labute approximate surface area is 136 Å². The molecule has 2 amide bonds. The number of aliphatic hydroxyl groups is 1. The molecule has 0 unspecified atom stereocenters. The lowest BCUT2D eigenvalue weighted by atomic mass is 9.76. The zero-order chi connectivity index (χ0) is 16.2. The van der Waals surface area contributed by atoms with Gasteiger partial charge in [0.1, 0.15) is 0 Å². The van der Waals surface area contributed by atoms with E-state index in [2.05, 4.69) is 15.6 Å². The van der Waals surface area contributed by atoms with E-state index in [0.29, 0.717) is 12.5 Å². The van der Waals surface area contributed by atoms with Gasteiger partial charge < -0.3 is 15.7 Å². The molecular formula is C16H27N3O2S. The number of aliphatic hydroxyl groups excluding tert-OH is 1. The van der Waals surface area contributed by atoms with Crippen molar-refractivity contribution in [3.63, 3.8) is 0 Å². The third-order valence-electron chi connectivity index (χ3n) is 4.64. The summed E-state index contributed by atoms with van der Waals surface area (Å²) in [4.78, 5) is 17.6. The van der Waals surface area contributed by atoms with Crippen LogP contribution in [-0.4, -0.2) is 28.3 Å². The van der Waals surface area contributed by atoms with E-state index in [4.69, 9.17) is 0 Å². The van der Waals surface area contributed by atoms with Crippen molar-refractivity contribution in [2.75, 3.05) is 6.61 Å². The second-order valence-electron chi connectivity index (χ2n) is 6.46. The Kier molecular flexibility index (Phi) is 5.81. The Balaban J connectivity index is 1.90. The highest BCUT2D eigenvalue weighted by atomic mass is 32.1. The van der Waals surface area contributed by atoms with Crippen molar-refractivity contribution in [1.29, 1.82) is 0 Å². The summed E-state index contributed by atoms with van der Waals surface area (Å²) < 4.78 is 0. The highest BCUT2D eigenvalue weighted by Crippen LogP contribution is 2.32. The third-order valence-corrected chi connectivity index (χ3v) is 5.72. The predicted molar refractivity (Wildman–Crippen MR) is 89.0 cm³/mol. The van der Waals surface area contributed by atoms with Crippen LogP contribution in [0.4, 0.5) is 4.79 Å². The first-order valence-electron chi connectivity index (χ1n) is 8.04. The number of nitrogens with zero attached hydrogens (tertiary/aromatic N) is 1. The van der Waals surface area contributed by atoms with Gasteiger partial charge in [-0.1, -0.05) is 19.3 Å². The molecular weight excluding hydrogens is 298 g/mol. The number of hydrogen-bond donors (Lipinski definition) is 3. The largest absolute Gasteiger partial charge is 0.394 e. The monoisotopic (exact) mass is 325 g/mol. The number of urea groups is 1. The van der Waals surface area contributed by atoms with Gasteiger partial charge in [-0.05, 0) is 39.5 Å². The minimum Gasteiger partial charge on any atom is -0.394 e. The normalized spacial score (nSPS) is 18.7. The van der Waals surface area contributed by atoms with Crippen molar-refractivity contribution >= 4 is 17.4 Å². The molecule has 1 aromatic heterocycles. The topological polar surface area (TPSA) is 74.2 Å². The Morgan fingerprint density at radius 1 is 1.36 bits per heavy atom. The maximum atomic E-state index is 12.2. The molecule has 124 valence electrons. The molecule has 0 aromatic carbocycles. The van der Waals surface area contributed by atoms with Crippen molar-refractivity contribution in [2.24, 2.45) is 5.92 Å². The smallest absolute Gasteiger partial charge is 0.315 e. The molecule has 5 nitrogen and oxygen atoms in total. The van der Waals surface area contributed by atoms with Gasteiger partial charge in [0, 0.05) is 4.88 Å². The van der Waals surface area contributed by atoms with Crippen molar-refractivity contribution in [1.82, 2.24) is 15.6 Å². The van der Waals surface area contributed by atoms with E-state index in [1.165, 1.54) is 19.3 Å². The highest BCUT2D eigenvalue weighted by molar-refractivity contribution is 7.11. The molecule has 22 heavy (non-hydrogen) atoms. The third kappa shape index (κ3) is 4.20. The van der Waals surface area contributed by atoms with Crippen LogP contribution in [0.1, 0.15) is 54.6 Å². The van der Waals surface area contributed by atoms with Gasteiger partial charge in [-0.15, -0.1) is 11.3 Å². The summed E-state index contributed by atoms with van der Waals surface area (Å²) in [5.41, 5.74) is 0.434. The predicted octanol–water partition coefficient (Wildman–Crippen LogP) is 2.89. The van der Waals surface area contributed by atoms with E-state index in [1.54, 1.807) is 11.3 Å². The number of aromatic nitrogens is 1. The number of hydrogen-bond acceptors (Lipinski definition) is 4. The summed E-state index contributed by atoms with van der Waals surface area (Å²) in [6.07, 6.45) is 5.77. The summed E-state index contributed by atoms with van der Waals surface area (Å²) in [7, 11) is 0. The van der Waals surface area contributed by atoms with Gasteiger partial charge in [-0.3, -0.25) is 0 Å². The van der Waals surface area contributed by atoms with Gasteiger partial charge in [0.05, 0.1) is 29.4 Å². The van der Waals surface area contributed by atoms with Crippen LogP contribution in [0, 0.1) is 19.8 Å². The summed E-state index contributed by atoms with van der Waals surface area (Å²) >= 11 is 1.61. The molecule has 3 N–H and O–H groups in total. The van der Waals surface area contributed by atoms with Crippen molar-refractivity contribution in [3.8, 4) is 0 Å². The molecule has 0 bridgehead atoms. The Bertz CT molecular complexity index is 511. The standard InChI is InChI=1S/C16H27N3O2S/c1-11-14(22-12(2)18-11)9-17-15(21)19-16(3,10-20)13-7-5-4-6-8-13/h13,20H,4-10H2,1-3H3,(H2,17,19,21)/t16-/m1/s1. The molecule has 0 saturated heterocycles. The van der Waals surface area contributed by atoms with E-state index in [0.717, 1.165) is 28.4 Å².